The number of fused-ring (bicyclic) bond motifs is 1. The van der Waals surface area contributed by atoms with Crippen LogP contribution in [-0.2, 0) is 18.3 Å². The highest BCUT2D eigenvalue weighted by molar-refractivity contribution is 5.93. The zero-order valence-corrected chi connectivity index (χ0v) is 13.1. The summed E-state index contributed by atoms with van der Waals surface area (Å²) in [6.45, 7) is 6.15. The first-order chi connectivity index (χ1) is 10.00. The first kappa shape index (κ1) is 14.3. The largest absolute Gasteiger partial charge is 0.297 e. The van der Waals surface area contributed by atoms with Crippen molar-refractivity contribution >= 4 is 16.7 Å². The van der Waals surface area contributed by atoms with Gasteiger partial charge in [0.2, 0.25) is 0 Å². The molecule has 0 bridgehead atoms. The minimum atomic E-state index is -0.394. The molecule has 1 aromatic carbocycles. The summed E-state index contributed by atoms with van der Waals surface area (Å²) in [5, 5.41) is 5.64. The monoisotopic (exact) mass is 285 g/mol. The lowest BCUT2D eigenvalue weighted by molar-refractivity contribution is -0.128. The highest BCUT2D eigenvalue weighted by Gasteiger charge is 2.36. The van der Waals surface area contributed by atoms with Crippen LogP contribution in [0.25, 0.3) is 10.9 Å². The van der Waals surface area contributed by atoms with Crippen LogP contribution in [0.4, 0.5) is 0 Å². The number of nitrogens with zero attached hydrogens (tertiary/aromatic N) is 3. The van der Waals surface area contributed by atoms with Crippen molar-refractivity contribution < 1.29 is 4.79 Å². The Bertz CT molecular complexity index is 666. The van der Waals surface area contributed by atoms with Crippen molar-refractivity contribution in [3.8, 4) is 0 Å². The normalized spacial score (nSPS) is 16.7. The molecule has 1 fully saturated rings. The van der Waals surface area contributed by atoms with Crippen molar-refractivity contribution in [3.63, 3.8) is 0 Å². The first-order valence-corrected chi connectivity index (χ1v) is 7.69. The molecule has 0 radical (unpaired) electrons. The van der Waals surface area contributed by atoms with Crippen molar-refractivity contribution in [2.24, 2.45) is 7.05 Å². The zero-order chi connectivity index (χ0) is 15.0. The molecule has 1 aliphatic rings. The number of ketones is 1. The second-order valence-corrected chi connectivity index (χ2v) is 6.44. The molecule has 0 N–H and O–H groups in total. The molecule has 0 amide bonds. The van der Waals surface area contributed by atoms with Crippen LogP contribution in [-0.4, -0.2) is 39.1 Å². The summed E-state index contributed by atoms with van der Waals surface area (Å²) >= 11 is 0. The van der Waals surface area contributed by atoms with E-state index in [1.165, 1.54) is 12.8 Å². The van der Waals surface area contributed by atoms with Gasteiger partial charge in [0.25, 0.3) is 0 Å². The van der Waals surface area contributed by atoms with Crippen LogP contribution in [0.3, 0.4) is 0 Å². The van der Waals surface area contributed by atoms with E-state index in [0.717, 1.165) is 29.7 Å². The van der Waals surface area contributed by atoms with Gasteiger partial charge in [-0.25, -0.2) is 0 Å². The average Bonchev–Trinajstić information content (AvgIpc) is 3.09. The van der Waals surface area contributed by atoms with E-state index in [0.29, 0.717) is 6.42 Å². The molecular formula is C17H23N3O. The number of likely N-dealkylation sites (tertiary alicyclic amines) is 1. The Morgan fingerprint density at radius 3 is 2.62 bits per heavy atom. The maximum absolute atomic E-state index is 12.8. The maximum Gasteiger partial charge on any atom is 0.158 e. The minimum absolute atomic E-state index is 0.258. The molecule has 2 aromatic rings. The molecule has 1 aliphatic heterocycles. The lowest BCUT2D eigenvalue weighted by Gasteiger charge is -2.33. The number of hydrogen-bond donors (Lipinski definition) is 0. The number of Topliss-reactive ketones (excluding diaryl/α,β-unsaturated/α-hetero) is 1. The molecule has 21 heavy (non-hydrogen) atoms. The molecular weight excluding hydrogens is 262 g/mol. The predicted octanol–water partition coefficient (Wildman–Crippen LogP) is 2.56. The van der Waals surface area contributed by atoms with E-state index in [4.69, 9.17) is 0 Å². The standard InChI is InChI=1S/C17H23N3O/c1-17(2,20-10-6-7-11-20)16(21)12-14-13-8-4-5-9-15(13)19(3)18-14/h4-5,8-9H,6-7,10-12H2,1-3H3. The van der Waals surface area contributed by atoms with Crippen molar-refractivity contribution in [1.82, 2.24) is 14.7 Å². The first-order valence-electron chi connectivity index (χ1n) is 7.69. The number of aryl methyl sites for hydroxylation is 1. The number of benzene rings is 1. The molecule has 4 nitrogen and oxygen atoms in total. The van der Waals surface area contributed by atoms with Gasteiger partial charge in [0.15, 0.2) is 5.78 Å². The summed E-state index contributed by atoms with van der Waals surface area (Å²) in [6, 6.07) is 8.10. The second kappa shape index (κ2) is 5.26. The summed E-state index contributed by atoms with van der Waals surface area (Å²) in [6.07, 6.45) is 2.80. The van der Waals surface area contributed by atoms with Crippen molar-refractivity contribution in [2.75, 3.05) is 13.1 Å². The third-order valence-corrected chi connectivity index (χ3v) is 4.74. The molecule has 1 aromatic heterocycles. The van der Waals surface area contributed by atoms with Crippen LogP contribution in [0.1, 0.15) is 32.4 Å². The number of carbonyl (C=O) groups excluding carboxylic acids is 1. The van der Waals surface area contributed by atoms with E-state index in [1.54, 1.807) is 0 Å². The van der Waals surface area contributed by atoms with Gasteiger partial charge in [-0.05, 0) is 45.8 Å². The fourth-order valence-electron chi connectivity index (χ4n) is 3.24. The molecule has 4 heteroatoms. The van der Waals surface area contributed by atoms with E-state index in [-0.39, 0.29) is 5.78 Å². The quantitative estimate of drug-likeness (QED) is 0.866. The van der Waals surface area contributed by atoms with E-state index in [2.05, 4.69) is 10.00 Å². The Morgan fingerprint density at radius 2 is 1.90 bits per heavy atom. The average molecular weight is 285 g/mol. The maximum atomic E-state index is 12.8. The smallest absolute Gasteiger partial charge is 0.158 e. The van der Waals surface area contributed by atoms with Crippen molar-refractivity contribution in [3.05, 3.63) is 30.0 Å². The zero-order valence-electron chi connectivity index (χ0n) is 13.1. The molecule has 112 valence electrons. The van der Waals surface area contributed by atoms with Gasteiger partial charge in [-0.3, -0.25) is 14.4 Å². The molecule has 0 saturated carbocycles. The van der Waals surface area contributed by atoms with Crippen LogP contribution in [0.2, 0.25) is 0 Å². The van der Waals surface area contributed by atoms with E-state index in [1.807, 2.05) is 49.8 Å². The number of para-hydroxylation sites is 1. The van der Waals surface area contributed by atoms with E-state index >= 15 is 0 Å². The minimum Gasteiger partial charge on any atom is -0.297 e. The van der Waals surface area contributed by atoms with E-state index < -0.39 is 5.54 Å². The number of hydrogen-bond acceptors (Lipinski definition) is 3. The van der Waals surface area contributed by atoms with Crippen LogP contribution in [0.15, 0.2) is 24.3 Å². The lowest BCUT2D eigenvalue weighted by Crippen LogP contribution is -2.49. The van der Waals surface area contributed by atoms with Gasteiger partial charge in [-0.2, -0.15) is 5.10 Å². The van der Waals surface area contributed by atoms with Gasteiger partial charge in [0.1, 0.15) is 0 Å². The van der Waals surface area contributed by atoms with Crippen LogP contribution >= 0.6 is 0 Å². The fraction of sp³-hybridized carbons (Fsp3) is 0.529. The molecule has 1 saturated heterocycles. The number of carbonyl (C=O) groups is 1. The summed E-state index contributed by atoms with van der Waals surface area (Å²) in [5.41, 5.74) is 1.58. The fourth-order valence-corrected chi connectivity index (χ4v) is 3.24. The Morgan fingerprint density at radius 1 is 1.24 bits per heavy atom. The molecule has 0 aliphatic carbocycles. The Kier molecular flexibility index (Phi) is 3.57. The van der Waals surface area contributed by atoms with Gasteiger partial charge >= 0.3 is 0 Å². The summed E-state index contributed by atoms with van der Waals surface area (Å²) < 4.78 is 1.86. The molecule has 3 rings (SSSR count). The van der Waals surface area contributed by atoms with E-state index in [9.17, 15) is 4.79 Å². The van der Waals surface area contributed by atoms with Crippen molar-refractivity contribution in [2.45, 2.75) is 38.6 Å². The van der Waals surface area contributed by atoms with Crippen LogP contribution in [0, 0.1) is 0 Å². The topological polar surface area (TPSA) is 38.1 Å². The molecule has 0 spiro atoms. The second-order valence-electron chi connectivity index (χ2n) is 6.44. The van der Waals surface area contributed by atoms with Crippen LogP contribution in [0.5, 0.6) is 0 Å². The summed E-state index contributed by atoms with van der Waals surface area (Å²) in [5.74, 6) is 0.258. The Labute approximate surface area is 125 Å². The Balaban J connectivity index is 1.86. The number of rotatable bonds is 4. The SMILES string of the molecule is Cn1nc(CC(=O)C(C)(C)N2CCCC2)c2ccccc21. The summed E-state index contributed by atoms with van der Waals surface area (Å²) in [4.78, 5) is 15.1. The Hall–Kier alpha value is -1.68. The van der Waals surface area contributed by atoms with Gasteiger partial charge in [-0.1, -0.05) is 18.2 Å². The van der Waals surface area contributed by atoms with Gasteiger partial charge in [0.05, 0.1) is 23.2 Å². The summed E-state index contributed by atoms with van der Waals surface area (Å²) in [7, 11) is 1.93. The highest BCUT2D eigenvalue weighted by Crippen LogP contribution is 2.25. The predicted molar refractivity (Wildman–Crippen MR) is 84.3 cm³/mol. The molecule has 0 atom stereocenters. The van der Waals surface area contributed by atoms with Gasteiger partial charge < -0.3 is 0 Å². The lowest BCUT2D eigenvalue weighted by atomic mass is 9.93. The number of aromatic nitrogens is 2. The van der Waals surface area contributed by atoms with Crippen molar-refractivity contribution in [1.29, 1.82) is 0 Å². The molecule has 2 heterocycles. The third kappa shape index (κ3) is 2.48. The molecule has 0 unspecified atom stereocenters. The van der Waals surface area contributed by atoms with Gasteiger partial charge in [0, 0.05) is 12.4 Å². The van der Waals surface area contributed by atoms with Gasteiger partial charge in [-0.15, -0.1) is 0 Å². The third-order valence-electron chi connectivity index (χ3n) is 4.74. The highest BCUT2D eigenvalue weighted by atomic mass is 16.1. The van der Waals surface area contributed by atoms with Crippen LogP contribution < -0.4 is 0 Å².